The number of benzene rings is 1. The third kappa shape index (κ3) is 2.28. The van der Waals surface area contributed by atoms with Gasteiger partial charge in [-0.2, -0.15) is 0 Å². The van der Waals surface area contributed by atoms with Gasteiger partial charge < -0.3 is 4.74 Å². The number of amides is 2. The van der Waals surface area contributed by atoms with E-state index in [0.717, 1.165) is 11.0 Å². The third-order valence-corrected chi connectivity index (χ3v) is 2.61. The molecule has 0 atom stereocenters. The molecule has 0 radical (unpaired) electrons. The van der Waals surface area contributed by atoms with Crippen molar-refractivity contribution in [2.75, 3.05) is 11.5 Å². The molecule has 0 N–H and O–H groups in total. The number of imide groups is 1. The predicted molar refractivity (Wildman–Crippen MR) is 68.6 cm³/mol. The molecule has 18 heavy (non-hydrogen) atoms. The van der Waals surface area contributed by atoms with Gasteiger partial charge in [-0.3, -0.25) is 9.59 Å². The molecule has 5 heteroatoms. The van der Waals surface area contributed by atoms with Crippen molar-refractivity contribution >= 4 is 29.1 Å². The molecule has 4 nitrogen and oxygen atoms in total. The fourth-order valence-electron chi connectivity index (χ4n) is 1.53. The zero-order valence-corrected chi connectivity index (χ0v) is 10.2. The maximum Gasteiger partial charge on any atom is 0.277 e. The summed E-state index contributed by atoms with van der Waals surface area (Å²) >= 11 is 5.62. The van der Waals surface area contributed by atoms with E-state index in [1.165, 1.54) is 0 Å². The Morgan fingerprint density at radius 2 is 1.94 bits per heavy atom. The van der Waals surface area contributed by atoms with Gasteiger partial charge in [0.15, 0.2) is 0 Å². The second-order valence-electron chi connectivity index (χ2n) is 3.56. The first-order chi connectivity index (χ1) is 8.63. The van der Waals surface area contributed by atoms with Crippen LogP contribution < -0.4 is 9.64 Å². The lowest BCUT2D eigenvalue weighted by Gasteiger charge is -2.14. The number of hydrogen-bond acceptors (Lipinski definition) is 3. The summed E-state index contributed by atoms with van der Waals surface area (Å²) in [5, 5.41) is -0.0769. The second kappa shape index (κ2) is 5.06. The van der Waals surface area contributed by atoms with Crippen molar-refractivity contribution in [3.05, 3.63) is 48.0 Å². The number of hydrogen-bond donors (Lipinski definition) is 0. The summed E-state index contributed by atoms with van der Waals surface area (Å²) < 4.78 is 5.30. The molecule has 1 aliphatic rings. The van der Waals surface area contributed by atoms with Crippen LogP contribution in [0.3, 0.4) is 0 Å². The Labute approximate surface area is 109 Å². The zero-order chi connectivity index (χ0) is 13.1. The van der Waals surface area contributed by atoms with Crippen molar-refractivity contribution < 1.29 is 14.3 Å². The zero-order valence-electron chi connectivity index (χ0n) is 9.43. The largest absolute Gasteiger partial charge is 0.490 e. The van der Waals surface area contributed by atoms with E-state index in [0.29, 0.717) is 18.0 Å². The lowest BCUT2D eigenvalue weighted by Crippen LogP contribution is -2.30. The normalized spacial score (nSPS) is 14.7. The van der Waals surface area contributed by atoms with Crippen LogP contribution in [0.15, 0.2) is 48.0 Å². The first-order valence-electron chi connectivity index (χ1n) is 5.23. The minimum atomic E-state index is -0.513. The molecule has 2 amide bonds. The number of ether oxygens (including phenoxy) is 1. The minimum absolute atomic E-state index is 0.0769. The Hall–Kier alpha value is -2.07. The van der Waals surface area contributed by atoms with Crippen LogP contribution in [0.2, 0.25) is 0 Å². The number of nitrogens with zero attached hydrogens (tertiary/aromatic N) is 1. The molecule has 1 aliphatic heterocycles. The Balaban J connectivity index is 2.18. The predicted octanol–water partition coefficient (Wildman–Crippen LogP) is 2.25. The molecular formula is C13H10ClNO3. The smallest absolute Gasteiger partial charge is 0.277 e. The molecule has 0 aliphatic carbocycles. The Bertz CT molecular complexity index is 534. The topological polar surface area (TPSA) is 46.6 Å². The molecule has 0 bridgehead atoms. The molecular weight excluding hydrogens is 254 g/mol. The van der Waals surface area contributed by atoms with E-state index in [-0.39, 0.29) is 5.03 Å². The van der Waals surface area contributed by atoms with Gasteiger partial charge in [-0.15, -0.1) is 0 Å². The van der Waals surface area contributed by atoms with Crippen LogP contribution >= 0.6 is 11.6 Å². The molecule has 0 saturated heterocycles. The molecule has 92 valence electrons. The minimum Gasteiger partial charge on any atom is -0.490 e. The average molecular weight is 264 g/mol. The molecule has 2 rings (SSSR count). The van der Waals surface area contributed by atoms with Crippen LogP contribution in [-0.4, -0.2) is 18.4 Å². The van der Waals surface area contributed by atoms with Crippen molar-refractivity contribution in [1.29, 1.82) is 0 Å². The highest BCUT2D eigenvalue weighted by molar-refractivity contribution is 6.51. The summed E-state index contributed by atoms with van der Waals surface area (Å²) in [7, 11) is 0. The van der Waals surface area contributed by atoms with E-state index in [4.69, 9.17) is 16.3 Å². The van der Waals surface area contributed by atoms with Gasteiger partial charge in [-0.25, -0.2) is 4.90 Å². The van der Waals surface area contributed by atoms with E-state index >= 15 is 0 Å². The third-order valence-electron chi connectivity index (χ3n) is 2.34. The SMILES string of the molecule is C=CCOc1ccc(N2C(=O)C=C(Cl)C2=O)cc1. The summed E-state index contributed by atoms with van der Waals surface area (Å²) in [4.78, 5) is 24.2. The van der Waals surface area contributed by atoms with Crippen molar-refractivity contribution in [2.45, 2.75) is 0 Å². The van der Waals surface area contributed by atoms with Crippen molar-refractivity contribution in [2.24, 2.45) is 0 Å². The second-order valence-corrected chi connectivity index (χ2v) is 3.97. The van der Waals surface area contributed by atoms with Gasteiger partial charge in [-0.1, -0.05) is 24.3 Å². The van der Waals surface area contributed by atoms with Gasteiger partial charge in [0, 0.05) is 6.08 Å². The van der Waals surface area contributed by atoms with Crippen molar-refractivity contribution in [3.8, 4) is 5.75 Å². The molecule has 0 fully saturated rings. The number of carbonyl (C=O) groups excluding carboxylic acids is 2. The summed E-state index contributed by atoms with van der Waals surface area (Å²) in [5.74, 6) is -0.317. The van der Waals surface area contributed by atoms with E-state index in [9.17, 15) is 9.59 Å². The van der Waals surface area contributed by atoms with Crippen LogP contribution in [0.1, 0.15) is 0 Å². The van der Waals surface area contributed by atoms with Crippen LogP contribution in [0, 0.1) is 0 Å². The molecule has 0 spiro atoms. The summed E-state index contributed by atoms with van der Waals surface area (Å²) in [6.45, 7) is 3.94. The fraction of sp³-hybridized carbons (Fsp3) is 0.0769. The Kier molecular flexibility index (Phi) is 3.48. The molecule has 0 saturated carbocycles. The maximum absolute atomic E-state index is 11.6. The Morgan fingerprint density at radius 3 is 2.44 bits per heavy atom. The summed E-state index contributed by atoms with van der Waals surface area (Å²) in [6.07, 6.45) is 2.73. The monoisotopic (exact) mass is 263 g/mol. The van der Waals surface area contributed by atoms with E-state index in [2.05, 4.69) is 6.58 Å². The molecule has 1 aromatic rings. The maximum atomic E-state index is 11.6. The summed E-state index contributed by atoms with van der Waals surface area (Å²) in [5.41, 5.74) is 0.461. The van der Waals surface area contributed by atoms with Crippen LogP contribution in [0.4, 0.5) is 5.69 Å². The van der Waals surface area contributed by atoms with Crippen molar-refractivity contribution in [3.63, 3.8) is 0 Å². The number of carbonyl (C=O) groups is 2. The van der Waals surface area contributed by atoms with Gasteiger partial charge >= 0.3 is 0 Å². The van der Waals surface area contributed by atoms with E-state index in [1.807, 2.05) is 0 Å². The van der Waals surface area contributed by atoms with E-state index in [1.54, 1.807) is 30.3 Å². The fourth-order valence-corrected chi connectivity index (χ4v) is 1.71. The highest BCUT2D eigenvalue weighted by Crippen LogP contribution is 2.26. The standard InChI is InChI=1S/C13H10ClNO3/c1-2-7-18-10-5-3-9(4-6-10)15-12(16)8-11(14)13(15)17/h2-6,8H,1,7H2. The number of anilines is 1. The Morgan fingerprint density at radius 1 is 1.28 bits per heavy atom. The molecule has 1 aromatic carbocycles. The van der Waals surface area contributed by atoms with Gasteiger partial charge in [-0.05, 0) is 24.3 Å². The number of rotatable bonds is 4. The van der Waals surface area contributed by atoms with Crippen LogP contribution in [0.25, 0.3) is 0 Å². The highest BCUT2D eigenvalue weighted by atomic mass is 35.5. The van der Waals surface area contributed by atoms with Crippen molar-refractivity contribution in [1.82, 2.24) is 0 Å². The van der Waals surface area contributed by atoms with Gasteiger partial charge in [0.05, 0.1) is 5.69 Å². The summed E-state index contributed by atoms with van der Waals surface area (Å²) in [6, 6.07) is 6.59. The first kappa shape index (κ1) is 12.4. The van der Waals surface area contributed by atoms with Gasteiger partial charge in [0.1, 0.15) is 17.4 Å². The first-order valence-corrected chi connectivity index (χ1v) is 5.60. The van der Waals surface area contributed by atoms with Gasteiger partial charge in [0.25, 0.3) is 11.8 Å². The molecule has 1 heterocycles. The van der Waals surface area contributed by atoms with E-state index < -0.39 is 11.8 Å². The molecule has 0 unspecified atom stereocenters. The lowest BCUT2D eigenvalue weighted by molar-refractivity contribution is -0.120. The highest BCUT2D eigenvalue weighted by Gasteiger charge is 2.31. The average Bonchev–Trinajstić information content (AvgIpc) is 2.62. The quantitative estimate of drug-likeness (QED) is 0.618. The lowest BCUT2D eigenvalue weighted by atomic mass is 10.3. The number of halogens is 1. The van der Waals surface area contributed by atoms with Crippen LogP contribution in [0.5, 0.6) is 5.75 Å². The van der Waals surface area contributed by atoms with Crippen LogP contribution in [-0.2, 0) is 9.59 Å². The molecule has 0 aromatic heterocycles. The van der Waals surface area contributed by atoms with Gasteiger partial charge in [0.2, 0.25) is 0 Å².